The largest absolute Gasteiger partial charge is 0.444 e. The van der Waals surface area contributed by atoms with E-state index in [1.165, 1.54) is 6.07 Å². The van der Waals surface area contributed by atoms with E-state index in [4.69, 9.17) is 4.74 Å². The van der Waals surface area contributed by atoms with Gasteiger partial charge in [-0.1, -0.05) is 18.2 Å². The van der Waals surface area contributed by atoms with E-state index >= 15 is 0 Å². The van der Waals surface area contributed by atoms with Crippen LogP contribution < -0.4 is 5.32 Å². The highest BCUT2D eigenvalue weighted by atomic mass is 19.1. The molecule has 14 heavy (non-hydrogen) atoms. The minimum absolute atomic E-state index is 0.251. The second-order valence-corrected chi connectivity index (χ2v) is 3.20. The van der Waals surface area contributed by atoms with Crippen molar-refractivity contribution in [1.82, 2.24) is 5.32 Å². The predicted molar refractivity (Wildman–Crippen MR) is 48.4 cm³/mol. The van der Waals surface area contributed by atoms with Crippen molar-refractivity contribution in [3.05, 3.63) is 35.6 Å². The van der Waals surface area contributed by atoms with Crippen LogP contribution in [0.1, 0.15) is 5.56 Å². The summed E-state index contributed by atoms with van der Waals surface area (Å²) in [6.45, 7) is 0.452. The molecule has 4 heteroatoms. The number of hydrogen-bond donors (Lipinski definition) is 1. The summed E-state index contributed by atoms with van der Waals surface area (Å²) in [6, 6.07) is 6.50. The SMILES string of the molecule is O=C1NCC(Cc2ccccc2F)O1. The first-order chi connectivity index (χ1) is 6.75. The highest BCUT2D eigenvalue weighted by Gasteiger charge is 2.23. The van der Waals surface area contributed by atoms with E-state index in [9.17, 15) is 9.18 Å². The van der Waals surface area contributed by atoms with Crippen LogP contribution in [0.3, 0.4) is 0 Å². The second-order valence-electron chi connectivity index (χ2n) is 3.20. The first-order valence-corrected chi connectivity index (χ1v) is 4.43. The molecule has 1 heterocycles. The van der Waals surface area contributed by atoms with E-state index in [1.807, 2.05) is 0 Å². The molecule has 3 nitrogen and oxygen atoms in total. The summed E-state index contributed by atoms with van der Waals surface area (Å²) in [4.78, 5) is 10.7. The summed E-state index contributed by atoms with van der Waals surface area (Å²) in [5.41, 5.74) is 0.578. The molecule has 0 aromatic heterocycles. The van der Waals surface area contributed by atoms with Gasteiger partial charge in [-0.05, 0) is 11.6 Å². The van der Waals surface area contributed by atoms with E-state index in [0.717, 1.165) is 0 Å². The van der Waals surface area contributed by atoms with Crippen LogP contribution in [0.2, 0.25) is 0 Å². The predicted octanol–water partition coefficient (Wildman–Crippen LogP) is 1.48. The maximum Gasteiger partial charge on any atom is 0.407 e. The van der Waals surface area contributed by atoms with Gasteiger partial charge in [0, 0.05) is 6.42 Å². The molecular formula is C10H10FNO2. The maximum absolute atomic E-state index is 13.2. The number of cyclic esters (lactones) is 1. The van der Waals surface area contributed by atoms with Gasteiger partial charge in [-0.2, -0.15) is 0 Å². The summed E-state index contributed by atoms with van der Waals surface area (Å²) in [5.74, 6) is -0.254. The Labute approximate surface area is 80.9 Å². The molecule has 0 bridgehead atoms. The molecule has 0 aliphatic carbocycles. The summed E-state index contributed by atoms with van der Waals surface area (Å²) in [6.07, 6.45) is -0.253. The zero-order valence-corrected chi connectivity index (χ0v) is 7.50. The minimum atomic E-state index is -0.425. The third-order valence-corrected chi connectivity index (χ3v) is 2.15. The monoisotopic (exact) mass is 195 g/mol. The Morgan fingerprint density at radius 2 is 2.29 bits per heavy atom. The lowest BCUT2D eigenvalue weighted by atomic mass is 10.1. The van der Waals surface area contributed by atoms with Crippen molar-refractivity contribution in [3.63, 3.8) is 0 Å². The molecular weight excluding hydrogens is 185 g/mol. The number of ether oxygens (including phenoxy) is 1. The zero-order chi connectivity index (χ0) is 9.97. The van der Waals surface area contributed by atoms with E-state index in [2.05, 4.69) is 5.32 Å². The van der Waals surface area contributed by atoms with Gasteiger partial charge in [0.15, 0.2) is 0 Å². The molecule has 1 aliphatic heterocycles. The van der Waals surface area contributed by atoms with Crippen molar-refractivity contribution in [2.24, 2.45) is 0 Å². The standard InChI is InChI=1S/C10H10FNO2/c11-9-4-2-1-3-7(9)5-8-6-12-10(13)14-8/h1-4,8H,5-6H2,(H,12,13). The molecule has 1 unspecified atom stereocenters. The van der Waals surface area contributed by atoms with E-state index in [-0.39, 0.29) is 11.9 Å². The Morgan fingerprint density at radius 1 is 1.50 bits per heavy atom. The van der Waals surface area contributed by atoms with Crippen LogP contribution in [0.15, 0.2) is 24.3 Å². The summed E-state index contributed by atoms with van der Waals surface area (Å²) < 4.78 is 18.1. The molecule has 1 atom stereocenters. The fourth-order valence-electron chi connectivity index (χ4n) is 1.45. The third-order valence-electron chi connectivity index (χ3n) is 2.15. The van der Waals surface area contributed by atoms with E-state index < -0.39 is 6.09 Å². The van der Waals surface area contributed by atoms with Crippen LogP contribution in [0.5, 0.6) is 0 Å². The van der Waals surface area contributed by atoms with Crippen LogP contribution in [-0.2, 0) is 11.2 Å². The molecule has 0 radical (unpaired) electrons. The highest BCUT2D eigenvalue weighted by molar-refractivity contribution is 5.69. The molecule has 1 fully saturated rings. The summed E-state index contributed by atoms with van der Waals surface area (Å²) in [5, 5.41) is 2.53. The van der Waals surface area contributed by atoms with Crippen molar-refractivity contribution in [3.8, 4) is 0 Å². The fraction of sp³-hybridized carbons (Fsp3) is 0.300. The molecule has 1 aliphatic rings. The normalized spacial score (nSPS) is 20.4. The molecule has 1 aromatic carbocycles. The van der Waals surface area contributed by atoms with Crippen molar-refractivity contribution >= 4 is 6.09 Å². The van der Waals surface area contributed by atoms with Crippen molar-refractivity contribution in [2.45, 2.75) is 12.5 Å². The van der Waals surface area contributed by atoms with Crippen molar-refractivity contribution in [1.29, 1.82) is 0 Å². The molecule has 1 aromatic rings. The van der Waals surface area contributed by atoms with Gasteiger partial charge in [0.1, 0.15) is 11.9 Å². The van der Waals surface area contributed by atoms with Gasteiger partial charge >= 0.3 is 6.09 Å². The smallest absolute Gasteiger partial charge is 0.407 e. The van der Waals surface area contributed by atoms with Crippen LogP contribution in [0.4, 0.5) is 9.18 Å². The molecule has 0 spiro atoms. The van der Waals surface area contributed by atoms with Gasteiger partial charge in [-0.3, -0.25) is 0 Å². The van der Waals surface area contributed by atoms with Crippen molar-refractivity contribution < 1.29 is 13.9 Å². The Balaban J connectivity index is 2.04. The molecule has 1 N–H and O–H groups in total. The van der Waals surface area contributed by atoms with Gasteiger partial charge in [0.05, 0.1) is 6.54 Å². The van der Waals surface area contributed by atoms with Crippen LogP contribution in [0, 0.1) is 5.82 Å². The van der Waals surface area contributed by atoms with Gasteiger partial charge in [0.25, 0.3) is 0 Å². The molecule has 1 saturated heterocycles. The number of rotatable bonds is 2. The number of alkyl carbamates (subject to hydrolysis) is 1. The zero-order valence-electron chi connectivity index (χ0n) is 7.50. The lowest BCUT2D eigenvalue weighted by molar-refractivity contribution is 0.140. The van der Waals surface area contributed by atoms with Gasteiger partial charge < -0.3 is 10.1 Å². The molecule has 74 valence electrons. The molecule has 2 rings (SSSR count). The number of carbonyl (C=O) groups excluding carboxylic acids is 1. The maximum atomic E-state index is 13.2. The highest BCUT2D eigenvalue weighted by Crippen LogP contribution is 2.12. The first-order valence-electron chi connectivity index (χ1n) is 4.43. The average molecular weight is 195 g/mol. The topological polar surface area (TPSA) is 38.3 Å². The number of halogens is 1. The lowest BCUT2D eigenvalue weighted by Crippen LogP contribution is -2.17. The minimum Gasteiger partial charge on any atom is -0.444 e. The Bertz CT molecular complexity index is 354. The summed E-state index contributed by atoms with van der Waals surface area (Å²) >= 11 is 0. The average Bonchev–Trinajstić information content (AvgIpc) is 2.56. The second kappa shape index (κ2) is 3.65. The van der Waals surface area contributed by atoms with Gasteiger partial charge in [-0.25, -0.2) is 9.18 Å². The summed E-state index contributed by atoms with van der Waals surface area (Å²) in [7, 11) is 0. The fourth-order valence-corrected chi connectivity index (χ4v) is 1.45. The number of amides is 1. The van der Waals surface area contributed by atoms with Gasteiger partial charge in [-0.15, -0.1) is 0 Å². The van der Waals surface area contributed by atoms with Crippen LogP contribution in [0.25, 0.3) is 0 Å². The number of benzene rings is 1. The Hall–Kier alpha value is -1.58. The van der Waals surface area contributed by atoms with Crippen LogP contribution >= 0.6 is 0 Å². The Kier molecular flexibility index (Phi) is 2.35. The Morgan fingerprint density at radius 3 is 2.93 bits per heavy atom. The lowest BCUT2D eigenvalue weighted by Gasteiger charge is -2.07. The molecule has 0 saturated carbocycles. The number of nitrogens with one attached hydrogen (secondary N) is 1. The van der Waals surface area contributed by atoms with Crippen molar-refractivity contribution in [2.75, 3.05) is 6.54 Å². The quantitative estimate of drug-likeness (QED) is 0.776. The van der Waals surface area contributed by atoms with E-state index in [0.29, 0.717) is 18.5 Å². The van der Waals surface area contributed by atoms with E-state index in [1.54, 1.807) is 18.2 Å². The third kappa shape index (κ3) is 1.84. The number of hydrogen-bond acceptors (Lipinski definition) is 2. The van der Waals surface area contributed by atoms with Crippen LogP contribution in [-0.4, -0.2) is 18.7 Å². The molecule has 1 amide bonds. The first kappa shape index (κ1) is 8.99. The van der Waals surface area contributed by atoms with Gasteiger partial charge in [0.2, 0.25) is 0 Å². The number of carbonyl (C=O) groups is 1.